The topological polar surface area (TPSA) is 37.3 Å². The summed E-state index contributed by atoms with van der Waals surface area (Å²) in [6.07, 6.45) is -0.992. The first kappa shape index (κ1) is 14.3. The Bertz CT molecular complexity index is 368. The van der Waals surface area contributed by atoms with Crippen LogP contribution >= 0.6 is 11.8 Å². The van der Waals surface area contributed by atoms with Gasteiger partial charge < -0.3 is 5.11 Å². The van der Waals surface area contributed by atoms with Gasteiger partial charge in [-0.05, 0) is 17.7 Å². The van der Waals surface area contributed by atoms with Gasteiger partial charge in [-0.1, -0.05) is 39.8 Å². The second-order valence-electron chi connectivity index (χ2n) is 4.70. The van der Waals surface area contributed by atoms with E-state index >= 15 is 0 Å². The summed E-state index contributed by atoms with van der Waals surface area (Å²) >= 11 is 1.77. The average molecular weight is 252 g/mol. The fourth-order valence-electron chi connectivity index (χ4n) is 1.48. The van der Waals surface area contributed by atoms with Crippen LogP contribution in [0.5, 0.6) is 0 Å². The Hall–Kier alpha value is -0.800. The molecule has 0 bridgehead atoms. The first-order chi connectivity index (χ1) is 7.91. The second-order valence-corrected chi connectivity index (χ2v) is 6.35. The molecule has 0 aliphatic heterocycles. The Balaban J connectivity index is 2.77. The normalized spacial score (nSPS) is 13.1. The smallest absolute Gasteiger partial charge is 0.168 e. The largest absolute Gasteiger partial charge is 0.381 e. The van der Waals surface area contributed by atoms with Crippen LogP contribution in [0.1, 0.15) is 39.4 Å². The highest BCUT2D eigenvalue weighted by atomic mass is 32.2. The number of hydrogen-bond acceptors (Lipinski definition) is 3. The summed E-state index contributed by atoms with van der Waals surface area (Å²) in [7, 11) is 0. The van der Waals surface area contributed by atoms with Crippen LogP contribution in [0.3, 0.4) is 0 Å². The molecule has 0 radical (unpaired) electrons. The van der Waals surface area contributed by atoms with Crippen LogP contribution in [0, 0.1) is 5.92 Å². The fourth-order valence-corrected chi connectivity index (χ4v) is 2.32. The molecule has 0 fully saturated rings. The van der Waals surface area contributed by atoms with Crippen LogP contribution < -0.4 is 0 Å². The number of benzene rings is 1. The number of aliphatic hydroxyl groups excluding tert-OH is 1. The number of thioether (sulfide) groups is 1. The van der Waals surface area contributed by atoms with Crippen molar-refractivity contribution in [1.82, 2.24) is 0 Å². The van der Waals surface area contributed by atoms with Gasteiger partial charge in [-0.3, -0.25) is 4.79 Å². The van der Waals surface area contributed by atoms with Gasteiger partial charge in [0.25, 0.3) is 0 Å². The molecule has 1 rings (SSSR count). The molecule has 17 heavy (non-hydrogen) atoms. The number of aliphatic hydroxyl groups is 1. The van der Waals surface area contributed by atoms with E-state index in [0.29, 0.717) is 10.8 Å². The van der Waals surface area contributed by atoms with Crippen molar-refractivity contribution in [3.8, 4) is 0 Å². The second kappa shape index (κ2) is 6.22. The molecule has 0 heterocycles. The zero-order chi connectivity index (χ0) is 13.0. The molecule has 1 N–H and O–H groups in total. The Morgan fingerprint density at radius 2 is 1.65 bits per heavy atom. The Labute approximate surface area is 107 Å². The lowest BCUT2D eigenvalue weighted by molar-refractivity contribution is -0.130. The van der Waals surface area contributed by atoms with Gasteiger partial charge in [-0.25, -0.2) is 0 Å². The molecule has 0 aliphatic carbocycles. The SMILES string of the molecule is CC(C)Sc1ccc(C(O)C(=O)C(C)C)cc1. The van der Waals surface area contributed by atoms with Crippen LogP contribution in [-0.4, -0.2) is 16.1 Å². The van der Waals surface area contributed by atoms with Gasteiger partial charge in [0, 0.05) is 16.1 Å². The van der Waals surface area contributed by atoms with E-state index < -0.39 is 6.10 Å². The van der Waals surface area contributed by atoms with Gasteiger partial charge in [0.1, 0.15) is 6.10 Å². The molecule has 1 aromatic carbocycles. The quantitative estimate of drug-likeness (QED) is 0.816. The standard InChI is InChI=1S/C14H20O2S/c1-9(2)13(15)14(16)11-5-7-12(8-6-11)17-10(3)4/h5-10,14,16H,1-4H3. The van der Waals surface area contributed by atoms with E-state index in [1.54, 1.807) is 25.6 Å². The monoisotopic (exact) mass is 252 g/mol. The van der Waals surface area contributed by atoms with E-state index in [0.717, 1.165) is 4.90 Å². The lowest BCUT2D eigenvalue weighted by Gasteiger charge is -2.13. The maximum atomic E-state index is 11.7. The average Bonchev–Trinajstić information content (AvgIpc) is 2.27. The zero-order valence-corrected chi connectivity index (χ0v) is 11.6. The summed E-state index contributed by atoms with van der Waals surface area (Å²) < 4.78 is 0. The number of carbonyl (C=O) groups excluding carboxylic acids is 1. The molecule has 0 spiro atoms. The van der Waals surface area contributed by atoms with Crippen LogP contribution in [0.2, 0.25) is 0 Å². The number of ketones is 1. The third-order valence-electron chi connectivity index (χ3n) is 2.41. The summed E-state index contributed by atoms with van der Waals surface area (Å²) in [4.78, 5) is 12.8. The summed E-state index contributed by atoms with van der Waals surface area (Å²) in [5, 5.41) is 10.4. The molecule has 0 amide bonds. The zero-order valence-electron chi connectivity index (χ0n) is 10.8. The highest BCUT2D eigenvalue weighted by molar-refractivity contribution is 7.99. The molecule has 1 atom stereocenters. The summed E-state index contributed by atoms with van der Waals surface area (Å²) in [5.41, 5.74) is 0.678. The number of carbonyl (C=O) groups is 1. The van der Waals surface area contributed by atoms with Crippen molar-refractivity contribution in [1.29, 1.82) is 0 Å². The predicted octanol–water partition coefficient (Wildman–Crippen LogP) is 3.45. The number of Topliss-reactive ketones (excluding diaryl/α,β-unsaturated/α-hetero) is 1. The minimum absolute atomic E-state index is 0.130. The maximum absolute atomic E-state index is 11.7. The van der Waals surface area contributed by atoms with Crippen molar-refractivity contribution in [2.45, 2.75) is 43.9 Å². The molecule has 0 aliphatic rings. The Morgan fingerprint density at radius 3 is 2.06 bits per heavy atom. The van der Waals surface area contributed by atoms with E-state index in [1.165, 1.54) is 0 Å². The molecule has 0 aromatic heterocycles. The lowest BCUT2D eigenvalue weighted by atomic mass is 9.98. The molecule has 1 unspecified atom stereocenters. The summed E-state index contributed by atoms with van der Waals surface area (Å²) in [6, 6.07) is 7.57. The van der Waals surface area contributed by atoms with Crippen LogP contribution in [0.25, 0.3) is 0 Å². The van der Waals surface area contributed by atoms with Crippen LogP contribution in [-0.2, 0) is 4.79 Å². The van der Waals surface area contributed by atoms with Crippen LogP contribution in [0.4, 0.5) is 0 Å². The van der Waals surface area contributed by atoms with Gasteiger partial charge >= 0.3 is 0 Å². The van der Waals surface area contributed by atoms with E-state index in [1.807, 2.05) is 24.3 Å². The molecule has 2 nitrogen and oxygen atoms in total. The molecular weight excluding hydrogens is 232 g/mol. The van der Waals surface area contributed by atoms with Gasteiger partial charge in [0.15, 0.2) is 5.78 Å². The highest BCUT2D eigenvalue weighted by Gasteiger charge is 2.19. The Kier molecular flexibility index (Phi) is 5.22. The van der Waals surface area contributed by atoms with Crippen molar-refractivity contribution in [2.75, 3.05) is 0 Å². The minimum atomic E-state index is -0.992. The maximum Gasteiger partial charge on any atom is 0.168 e. The van der Waals surface area contributed by atoms with Crippen LogP contribution in [0.15, 0.2) is 29.2 Å². The predicted molar refractivity (Wildman–Crippen MR) is 72.2 cm³/mol. The van der Waals surface area contributed by atoms with Crippen molar-refractivity contribution < 1.29 is 9.90 Å². The molecular formula is C14H20O2S. The first-order valence-electron chi connectivity index (χ1n) is 5.90. The first-order valence-corrected chi connectivity index (χ1v) is 6.78. The van der Waals surface area contributed by atoms with Gasteiger partial charge in [-0.15, -0.1) is 11.8 Å². The van der Waals surface area contributed by atoms with E-state index in [9.17, 15) is 9.90 Å². The number of hydrogen-bond donors (Lipinski definition) is 1. The molecule has 94 valence electrons. The fraction of sp³-hybridized carbons (Fsp3) is 0.500. The lowest BCUT2D eigenvalue weighted by Crippen LogP contribution is -2.17. The van der Waals surface area contributed by atoms with Crippen molar-refractivity contribution in [3.63, 3.8) is 0 Å². The van der Waals surface area contributed by atoms with Gasteiger partial charge in [0.2, 0.25) is 0 Å². The van der Waals surface area contributed by atoms with E-state index in [4.69, 9.17) is 0 Å². The summed E-state index contributed by atoms with van der Waals surface area (Å²) in [6.45, 7) is 7.87. The molecule has 1 aromatic rings. The molecule has 0 saturated carbocycles. The van der Waals surface area contributed by atoms with Gasteiger partial charge in [0.05, 0.1) is 0 Å². The van der Waals surface area contributed by atoms with Crippen molar-refractivity contribution >= 4 is 17.5 Å². The number of rotatable bonds is 5. The van der Waals surface area contributed by atoms with E-state index in [-0.39, 0.29) is 11.7 Å². The third-order valence-corrected chi connectivity index (χ3v) is 3.42. The third kappa shape index (κ3) is 4.17. The van der Waals surface area contributed by atoms with E-state index in [2.05, 4.69) is 13.8 Å². The molecule has 0 saturated heterocycles. The summed E-state index contributed by atoms with van der Waals surface area (Å²) in [5.74, 6) is -0.274. The minimum Gasteiger partial charge on any atom is -0.381 e. The van der Waals surface area contributed by atoms with Gasteiger partial charge in [-0.2, -0.15) is 0 Å². The van der Waals surface area contributed by atoms with Crippen molar-refractivity contribution in [2.24, 2.45) is 5.92 Å². The Morgan fingerprint density at radius 1 is 1.12 bits per heavy atom. The highest BCUT2D eigenvalue weighted by Crippen LogP contribution is 2.25. The van der Waals surface area contributed by atoms with Crippen molar-refractivity contribution in [3.05, 3.63) is 29.8 Å². The molecule has 3 heteroatoms.